The number of carbonyl (C=O) groups excluding carboxylic acids is 2. The molecule has 0 aliphatic carbocycles. The van der Waals surface area contributed by atoms with Crippen LogP contribution in [0.3, 0.4) is 0 Å². The number of carbonyl (C=O) groups is 2. The molecule has 8 heteroatoms. The van der Waals surface area contributed by atoms with Crippen LogP contribution in [0, 0.1) is 17.2 Å². The zero-order valence-electron chi connectivity index (χ0n) is 15.1. The molecule has 2 rings (SSSR count). The lowest BCUT2D eigenvalue weighted by Gasteiger charge is -2.29. The van der Waals surface area contributed by atoms with Crippen LogP contribution in [-0.2, 0) is 15.6 Å². The van der Waals surface area contributed by atoms with E-state index in [4.69, 9.17) is 4.74 Å². The number of benzene rings is 1. The third kappa shape index (κ3) is 4.41. The lowest BCUT2D eigenvalue weighted by molar-refractivity contribution is -0.134. The Bertz CT molecular complexity index is 746. The maximum Gasteiger partial charge on any atom is 0.252 e. The Morgan fingerprint density at radius 1 is 1.50 bits per heavy atom. The summed E-state index contributed by atoms with van der Waals surface area (Å²) in [6, 6.07) is 7.17. The van der Waals surface area contributed by atoms with E-state index in [0.29, 0.717) is 17.7 Å². The molecule has 2 amide bonds. The summed E-state index contributed by atoms with van der Waals surface area (Å²) in [5.74, 6) is -0.170. The van der Waals surface area contributed by atoms with Gasteiger partial charge in [0, 0.05) is 16.4 Å². The van der Waals surface area contributed by atoms with Gasteiger partial charge in [0.1, 0.15) is 17.8 Å². The first-order valence-electron chi connectivity index (χ1n) is 8.41. The molecule has 1 heterocycles. The fourth-order valence-electron chi connectivity index (χ4n) is 2.74. The van der Waals surface area contributed by atoms with Crippen LogP contribution in [0.5, 0.6) is 5.75 Å². The van der Waals surface area contributed by atoms with Gasteiger partial charge in [-0.1, -0.05) is 26.3 Å². The topological polar surface area (TPSA) is 99.5 Å². The number of hydrogen-bond acceptors (Lipinski definition) is 5. The number of ether oxygens (including phenoxy) is 1. The van der Waals surface area contributed by atoms with Crippen molar-refractivity contribution in [1.82, 2.24) is 10.2 Å². The molecule has 1 saturated heterocycles. The molecule has 0 spiro atoms. The molecule has 1 N–H and O–H groups in total. The molecule has 1 aromatic carbocycles. The van der Waals surface area contributed by atoms with Gasteiger partial charge in [-0.05, 0) is 24.1 Å². The van der Waals surface area contributed by atoms with E-state index in [1.807, 2.05) is 19.9 Å². The summed E-state index contributed by atoms with van der Waals surface area (Å²) >= 11 is 0. The number of methoxy groups -OCH3 is 1. The summed E-state index contributed by atoms with van der Waals surface area (Å²) in [6.07, 6.45) is 0.670. The summed E-state index contributed by atoms with van der Waals surface area (Å²) in [4.78, 5) is 26.9. The Balaban J connectivity index is 2.21. The molecular weight excluding hydrogens is 354 g/mol. The molecular formula is C18H23N3O4S. The molecule has 26 heavy (non-hydrogen) atoms. The molecule has 0 saturated carbocycles. The minimum atomic E-state index is -1.23. The minimum absolute atomic E-state index is 0.0268. The second kappa shape index (κ2) is 8.81. The van der Waals surface area contributed by atoms with Crippen LogP contribution in [0.1, 0.15) is 30.6 Å². The third-order valence-corrected chi connectivity index (χ3v) is 5.79. The molecule has 4 atom stereocenters. The molecule has 0 radical (unpaired) electrons. The highest BCUT2D eigenvalue weighted by atomic mass is 32.2. The Hall–Kier alpha value is -2.40. The number of nitriles is 1. The van der Waals surface area contributed by atoms with Crippen molar-refractivity contribution >= 4 is 22.6 Å². The van der Waals surface area contributed by atoms with Crippen molar-refractivity contribution in [2.24, 2.45) is 5.92 Å². The van der Waals surface area contributed by atoms with Crippen molar-refractivity contribution in [2.45, 2.75) is 32.4 Å². The van der Waals surface area contributed by atoms with Gasteiger partial charge < -0.3 is 15.0 Å². The van der Waals surface area contributed by atoms with E-state index in [1.165, 1.54) is 12.0 Å². The SMILES string of the molecule is CCC(C)[C@H](NC(=O)c1cccc(OC)c1)C(=O)N1CS(=O)C[C@H]1C#N. The summed E-state index contributed by atoms with van der Waals surface area (Å²) in [5, 5.41) is 12.0. The average Bonchev–Trinajstić information content (AvgIpc) is 3.05. The van der Waals surface area contributed by atoms with Crippen LogP contribution >= 0.6 is 0 Å². The van der Waals surface area contributed by atoms with E-state index < -0.39 is 28.8 Å². The highest BCUT2D eigenvalue weighted by molar-refractivity contribution is 7.85. The van der Waals surface area contributed by atoms with Gasteiger partial charge in [-0.25, -0.2) is 0 Å². The smallest absolute Gasteiger partial charge is 0.252 e. The zero-order valence-corrected chi connectivity index (χ0v) is 15.9. The fourth-order valence-corrected chi connectivity index (χ4v) is 4.07. The molecule has 0 bridgehead atoms. The van der Waals surface area contributed by atoms with E-state index in [-0.39, 0.29) is 23.5 Å². The molecule has 140 valence electrons. The van der Waals surface area contributed by atoms with Gasteiger partial charge in [0.2, 0.25) is 5.91 Å². The summed E-state index contributed by atoms with van der Waals surface area (Å²) in [7, 11) is 0.277. The predicted octanol–water partition coefficient (Wildman–Crippen LogP) is 1.28. The summed E-state index contributed by atoms with van der Waals surface area (Å²) < 4.78 is 16.9. The van der Waals surface area contributed by atoms with E-state index >= 15 is 0 Å². The lowest BCUT2D eigenvalue weighted by atomic mass is 9.97. The molecule has 1 fully saturated rings. The number of amides is 2. The van der Waals surface area contributed by atoms with Crippen LogP contribution in [0.2, 0.25) is 0 Å². The van der Waals surface area contributed by atoms with Crippen molar-refractivity contribution in [1.29, 1.82) is 5.26 Å². The van der Waals surface area contributed by atoms with Gasteiger partial charge in [0.15, 0.2) is 0 Å². The first-order valence-corrected chi connectivity index (χ1v) is 9.90. The standard InChI is InChI=1S/C18H23N3O4S/c1-4-12(2)16(18(23)21-11-26(24)10-14(21)9-19)20-17(22)13-6-5-7-15(8-13)25-3/h5-8,12,14,16H,4,10-11H2,1-3H3,(H,20,22)/t12?,14-,16+,26?/m1/s1. The largest absolute Gasteiger partial charge is 0.497 e. The van der Waals surface area contributed by atoms with Crippen molar-refractivity contribution in [3.8, 4) is 11.8 Å². The predicted molar refractivity (Wildman–Crippen MR) is 97.8 cm³/mol. The Morgan fingerprint density at radius 3 is 2.85 bits per heavy atom. The lowest BCUT2D eigenvalue weighted by Crippen LogP contribution is -2.53. The normalized spacial score (nSPS) is 21.5. The number of hydrogen-bond donors (Lipinski definition) is 1. The van der Waals surface area contributed by atoms with Crippen molar-refractivity contribution in [3.63, 3.8) is 0 Å². The maximum atomic E-state index is 13.0. The van der Waals surface area contributed by atoms with E-state index in [9.17, 15) is 19.1 Å². The van der Waals surface area contributed by atoms with Gasteiger partial charge in [0.05, 0.1) is 24.8 Å². The van der Waals surface area contributed by atoms with Crippen LogP contribution in [0.4, 0.5) is 0 Å². The Morgan fingerprint density at radius 2 is 2.23 bits per heavy atom. The van der Waals surface area contributed by atoms with E-state index in [2.05, 4.69) is 5.32 Å². The van der Waals surface area contributed by atoms with Crippen molar-refractivity contribution in [2.75, 3.05) is 18.7 Å². The minimum Gasteiger partial charge on any atom is -0.497 e. The van der Waals surface area contributed by atoms with Gasteiger partial charge >= 0.3 is 0 Å². The van der Waals surface area contributed by atoms with Crippen molar-refractivity contribution < 1.29 is 18.5 Å². The average molecular weight is 377 g/mol. The number of rotatable bonds is 6. The summed E-state index contributed by atoms with van der Waals surface area (Å²) in [6.45, 7) is 3.79. The number of nitrogens with one attached hydrogen (secondary N) is 1. The second-order valence-electron chi connectivity index (χ2n) is 6.26. The van der Waals surface area contributed by atoms with Crippen LogP contribution in [0.25, 0.3) is 0 Å². The molecule has 1 aromatic rings. The van der Waals surface area contributed by atoms with E-state index in [0.717, 1.165) is 0 Å². The highest BCUT2D eigenvalue weighted by Crippen LogP contribution is 2.19. The quantitative estimate of drug-likeness (QED) is 0.805. The molecule has 1 aliphatic heterocycles. The van der Waals surface area contributed by atoms with Gasteiger partial charge in [-0.2, -0.15) is 5.26 Å². The zero-order chi connectivity index (χ0) is 19.3. The number of nitrogens with zero attached hydrogens (tertiary/aromatic N) is 2. The van der Waals surface area contributed by atoms with E-state index in [1.54, 1.807) is 24.3 Å². The van der Waals surface area contributed by atoms with Crippen LogP contribution in [-0.4, -0.2) is 51.7 Å². The maximum absolute atomic E-state index is 13.0. The van der Waals surface area contributed by atoms with Gasteiger partial charge in [0.25, 0.3) is 5.91 Å². The Labute approximate surface area is 155 Å². The van der Waals surface area contributed by atoms with Gasteiger partial charge in [-0.3, -0.25) is 13.8 Å². The molecule has 1 aliphatic rings. The highest BCUT2D eigenvalue weighted by Gasteiger charge is 2.38. The van der Waals surface area contributed by atoms with Crippen LogP contribution < -0.4 is 10.1 Å². The first kappa shape index (κ1) is 19.9. The molecule has 0 aromatic heterocycles. The summed E-state index contributed by atoms with van der Waals surface area (Å²) in [5.41, 5.74) is 0.382. The van der Waals surface area contributed by atoms with Crippen LogP contribution in [0.15, 0.2) is 24.3 Å². The Kier molecular flexibility index (Phi) is 6.75. The molecule has 7 nitrogen and oxygen atoms in total. The van der Waals surface area contributed by atoms with Gasteiger partial charge in [-0.15, -0.1) is 0 Å². The fraction of sp³-hybridized carbons (Fsp3) is 0.500. The monoisotopic (exact) mass is 377 g/mol. The third-order valence-electron chi connectivity index (χ3n) is 4.53. The first-order chi connectivity index (χ1) is 12.4. The second-order valence-corrected chi connectivity index (χ2v) is 7.73. The molecule has 2 unspecified atom stereocenters. The van der Waals surface area contributed by atoms with Crippen molar-refractivity contribution in [3.05, 3.63) is 29.8 Å².